The van der Waals surface area contributed by atoms with Gasteiger partial charge in [0, 0.05) is 19.2 Å². The smallest absolute Gasteiger partial charge is 0.318 e. The third kappa shape index (κ3) is 8.27. The molecule has 0 aromatic heterocycles. The van der Waals surface area contributed by atoms with Gasteiger partial charge in [0.25, 0.3) is 5.91 Å². The Kier molecular flexibility index (Phi) is 8.73. The number of nitrogens with two attached hydrogens (primary N) is 1. The summed E-state index contributed by atoms with van der Waals surface area (Å²) < 4.78 is 31.7. The van der Waals surface area contributed by atoms with E-state index >= 15 is 0 Å². The molecule has 1 rings (SSSR count). The van der Waals surface area contributed by atoms with Crippen LogP contribution in [0.15, 0.2) is 29.2 Å². The summed E-state index contributed by atoms with van der Waals surface area (Å²) in [5.74, 6) is -2.41. The molecule has 12 heteroatoms. The molecule has 5 N–H and O–H groups in total. The van der Waals surface area contributed by atoms with Crippen LogP contribution < -0.4 is 21.1 Å². The van der Waals surface area contributed by atoms with Crippen molar-refractivity contribution in [2.24, 2.45) is 11.7 Å². The van der Waals surface area contributed by atoms with E-state index in [-0.39, 0.29) is 23.8 Å². The van der Waals surface area contributed by atoms with Crippen molar-refractivity contribution < 1.29 is 32.3 Å². The summed E-state index contributed by atoms with van der Waals surface area (Å²) >= 11 is 0. The van der Waals surface area contributed by atoms with Gasteiger partial charge in [-0.25, -0.2) is 17.9 Å². The van der Waals surface area contributed by atoms with Crippen LogP contribution in [0.1, 0.15) is 27.2 Å². The number of carbonyl (C=O) groups excluding carboxylic acids is 4. The van der Waals surface area contributed by atoms with Gasteiger partial charge in [0.2, 0.25) is 15.9 Å². The number of hydrogen-bond donors (Lipinski definition) is 4. The molecule has 1 aromatic rings. The minimum atomic E-state index is -3.89. The van der Waals surface area contributed by atoms with Crippen molar-refractivity contribution in [3.63, 3.8) is 0 Å². The zero-order valence-electron chi connectivity index (χ0n) is 16.2. The number of anilines is 1. The second-order valence-corrected chi connectivity index (χ2v) is 8.13. The largest absolute Gasteiger partial charge is 0.452 e. The molecule has 0 unspecified atom stereocenters. The van der Waals surface area contributed by atoms with Gasteiger partial charge >= 0.3 is 12.0 Å². The molecule has 0 bridgehead atoms. The Morgan fingerprint density at radius 3 is 2.17 bits per heavy atom. The number of imide groups is 1. The molecule has 160 valence electrons. The van der Waals surface area contributed by atoms with E-state index in [1.54, 1.807) is 13.8 Å². The first kappa shape index (κ1) is 24.0. The van der Waals surface area contributed by atoms with Crippen molar-refractivity contribution in [2.45, 2.75) is 38.2 Å². The van der Waals surface area contributed by atoms with Crippen LogP contribution in [-0.2, 0) is 29.1 Å². The molecule has 0 fully saturated rings. The van der Waals surface area contributed by atoms with Crippen molar-refractivity contribution in [1.82, 2.24) is 10.0 Å². The maximum absolute atomic E-state index is 12.2. The predicted octanol–water partition coefficient (Wildman–Crippen LogP) is 0.0761. The highest BCUT2D eigenvalue weighted by molar-refractivity contribution is 7.89. The van der Waals surface area contributed by atoms with Crippen molar-refractivity contribution in [3.8, 4) is 0 Å². The van der Waals surface area contributed by atoms with Gasteiger partial charge in [-0.2, -0.15) is 0 Å². The summed E-state index contributed by atoms with van der Waals surface area (Å²) in [5.41, 5.74) is 5.31. The predicted molar refractivity (Wildman–Crippen MR) is 103 cm³/mol. The molecule has 0 aliphatic carbocycles. The standard InChI is InChI=1S/C17H24N4O7S/c1-10(2)15(16(24)21-17(18)25)28-14(23)8-9-19-29(26,27)13-6-4-12(5-7-13)20-11(3)22/h4-7,10,15,19H,8-9H2,1-3H3,(H,20,22)(H3,18,21,24,25)/t15-/m0/s1. The Balaban J connectivity index is 2.61. The molecule has 0 aliphatic heterocycles. The number of sulfonamides is 1. The Morgan fingerprint density at radius 1 is 1.10 bits per heavy atom. The van der Waals surface area contributed by atoms with Gasteiger partial charge < -0.3 is 15.8 Å². The number of carbonyl (C=O) groups is 4. The van der Waals surface area contributed by atoms with E-state index in [1.807, 2.05) is 5.32 Å². The van der Waals surface area contributed by atoms with Crippen LogP contribution in [-0.4, -0.2) is 44.9 Å². The lowest BCUT2D eigenvalue weighted by Crippen LogP contribution is -2.45. The minimum Gasteiger partial charge on any atom is -0.452 e. The first-order valence-corrected chi connectivity index (χ1v) is 10.1. The second-order valence-electron chi connectivity index (χ2n) is 6.36. The lowest BCUT2D eigenvalue weighted by atomic mass is 10.1. The van der Waals surface area contributed by atoms with Gasteiger partial charge in [0.1, 0.15) is 0 Å². The first-order chi connectivity index (χ1) is 13.4. The van der Waals surface area contributed by atoms with E-state index < -0.39 is 40.0 Å². The molecule has 1 aromatic carbocycles. The van der Waals surface area contributed by atoms with Gasteiger partial charge in [0.15, 0.2) is 6.10 Å². The second kappa shape index (κ2) is 10.5. The Labute approximate surface area is 168 Å². The van der Waals surface area contributed by atoms with E-state index in [2.05, 4.69) is 10.0 Å². The molecule has 0 spiro atoms. The molecule has 0 radical (unpaired) electrons. The highest BCUT2D eigenvalue weighted by Gasteiger charge is 2.27. The molecule has 11 nitrogen and oxygen atoms in total. The monoisotopic (exact) mass is 428 g/mol. The third-order valence-corrected chi connectivity index (χ3v) is 4.95. The summed E-state index contributed by atoms with van der Waals surface area (Å²) in [6.45, 7) is 4.27. The minimum absolute atomic E-state index is 0.0548. The summed E-state index contributed by atoms with van der Waals surface area (Å²) in [6.07, 6.45) is -1.58. The van der Waals surface area contributed by atoms with Crippen LogP contribution in [0.5, 0.6) is 0 Å². The van der Waals surface area contributed by atoms with Crippen LogP contribution in [0.2, 0.25) is 0 Å². The van der Waals surface area contributed by atoms with Gasteiger partial charge in [-0.05, 0) is 30.2 Å². The SMILES string of the molecule is CC(=O)Nc1ccc(S(=O)(=O)NCCC(=O)O[C@H](C(=O)NC(N)=O)C(C)C)cc1. The fourth-order valence-electron chi connectivity index (χ4n) is 2.18. The Bertz CT molecular complexity index is 866. The molecule has 1 atom stereocenters. The fraction of sp³-hybridized carbons (Fsp3) is 0.412. The average Bonchev–Trinajstić information content (AvgIpc) is 2.58. The number of primary amides is 1. The number of urea groups is 1. The highest BCUT2D eigenvalue weighted by atomic mass is 32.2. The topological polar surface area (TPSA) is 174 Å². The van der Waals surface area contributed by atoms with Gasteiger partial charge in [-0.15, -0.1) is 0 Å². The van der Waals surface area contributed by atoms with E-state index in [0.717, 1.165) is 0 Å². The number of rotatable bonds is 9. The van der Waals surface area contributed by atoms with Crippen molar-refractivity contribution in [2.75, 3.05) is 11.9 Å². The zero-order valence-corrected chi connectivity index (χ0v) is 17.0. The van der Waals surface area contributed by atoms with Crippen LogP contribution in [0.25, 0.3) is 0 Å². The normalized spacial score (nSPS) is 12.1. The number of hydrogen-bond acceptors (Lipinski definition) is 7. The third-order valence-electron chi connectivity index (χ3n) is 3.47. The molecule has 0 saturated heterocycles. The zero-order chi connectivity index (χ0) is 22.2. The van der Waals surface area contributed by atoms with Crippen LogP contribution in [0.4, 0.5) is 10.5 Å². The highest BCUT2D eigenvalue weighted by Crippen LogP contribution is 2.14. The van der Waals surface area contributed by atoms with Crippen LogP contribution in [0.3, 0.4) is 0 Å². The van der Waals surface area contributed by atoms with Gasteiger partial charge in [-0.3, -0.25) is 19.7 Å². The summed E-state index contributed by atoms with van der Waals surface area (Å²) in [6, 6.07) is 4.38. The van der Waals surface area contributed by atoms with Crippen LogP contribution in [0, 0.1) is 5.92 Å². The maximum atomic E-state index is 12.2. The quantitative estimate of drug-likeness (QED) is 0.403. The van der Waals surface area contributed by atoms with Crippen molar-refractivity contribution >= 4 is 39.5 Å². The fourth-order valence-corrected chi connectivity index (χ4v) is 3.21. The first-order valence-electron chi connectivity index (χ1n) is 8.59. The lowest BCUT2D eigenvalue weighted by molar-refractivity contribution is -0.158. The molecule has 0 aliphatic rings. The van der Waals surface area contributed by atoms with E-state index in [9.17, 15) is 27.6 Å². The van der Waals surface area contributed by atoms with Crippen molar-refractivity contribution in [1.29, 1.82) is 0 Å². The van der Waals surface area contributed by atoms with E-state index in [1.165, 1.54) is 31.2 Å². The van der Waals surface area contributed by atoms with Crippen LogP contribution >= 0.6 is 0 Å². The summed E-state index contributed by atoms with van der Waals surface area (Å²) in [5, 5.41) is 4.35. The molecule has 0 saturated carbocycles. The number of benzene rings is 1. The van der Waals surface area contributed by atoms with E-state index in [4.69, 9.17) is 10.5 Å². The molecular weight excluding hydrogens is 404 g/mol. The maximum Gasteiger partial charge on any atom is 0.318 e. The number of ether oxygens (including phenoxy) is 1. The van der Waals surface area contributed by atoms with Gasteiger partial charge in [-0.1, -0.05) is 13.8 Å². The molecule has 0 heterocycles. The number of amides is 4. The molecule has 4 amide bonds. The molecular formula is C17H24N4O7S. The number of esters is 1. The molecule has 29 heavy (non-hydrogen) atoms. The Morgan fingerprint density at radius 2 is 1.69 bits per heavy atom. The summed E-state index contributed by atoms with van der Waals surface area (Å²) in [4.78, 5) is 45.4. The van der Waals surface area contributed by atoms with Crippen molar-refractivity contribution in [3.05, 3.63) is 24.3 Å². The average molecular weight is 428 g/mol. The van der Waals surface area contributed by atoms with E-state index in [0.29, 0.717) is 5.69 Å². The Hall–Kier alpha value is -2.99. The summed E-state index contributed by atoms with van der Waals surface area (Å²) in [7, 11) is -3.89. The van der Waals surface area contributed by atoms with Gasteiger partial charge in [0.05, 0.1) is 11.3 Å². The number of nitrogens with one attached hydrogen (secondary N) is 3. The lowest BCUT2D eigenvalue weighted by Gasteiger charge is -2.19.